The SMILES string of the molecule is O=C(O)C(CN1CCCc2ccccc21)C(F)(F)F. The molecular formula is C13H14F3NO2. The van der Waals surface area contributed by atoms with Crippen molar-refractivity contribution in [1.82, 2.24) is 0 Å². The molecule has 0 aromatic heterocycles. The molecule has 1 aromatic rings. The van der Waals surface area contributed by atoms with Crippen molar-refractivity contribution in [3.63, 3.8) is 0 Å². The fourth-order valence-electron chi connectivity index (χ4n) is 2.34. The van der Waals surface area contributed by atoms with Crippen LogP contribution < -0.4 is 4.90 Å². The molecule has 1 unspecified atom stereocenters. The van der Waals surface area contributed by atoms with Crippen molar-refractivity contribution in [2.45, 2.75) is 19.0 Å². The molecule has 6 heteroatoms. The fraction of sp³-hybridized carbons (Fsp3) is 0.462. The molecule has 104 valence electrons. The van der Waals surface area contributed by atoms with Crippen LogP contribution in [0.2, 0.25) is 0 Å². The average molecular weight is 273 g/mol. The van der Waals surface area contributed by atoms with Gasteiger partial charge in [0.15, 0.2) is 5.92 Å². The first-order valence-corrected chi connectivity index (χ1v) is 6.02. The molecule has 0 saturated carbocycles. The molecule has 2 rings (SSSR count). The molecule has 1 atom stereocenters. The molecule has 0 radical (unpaired) electrons. The number of hydrogen-bond acceptors (Lipinski definition) is 2. The number of alkyl halides is 3. The Morgan fingerprint density at radius 1 is 1.37 bits per heavy atom. The van der Waals surface area contributed by atoms with Gasteiger partial charge in [0.2, 0.25) is 0 Å². The maximum absolute atomic E-state index is 12.7. The Labute approximate surface area is 108 Å². The third kappa shape index (κ3) is 3.00. The molecule has 1 aliphatic heterocycles. The van der Waals surface area contributed by atoms with E-state index in [-0.39, 0.29) is 0 Å². The van der Waals surface area contributed by atoms with E-state index in [2.05, 4.69) is 0 Å². The zero-order chi connectivity index (χ0) is 14.0. The number of hydrogen-bond donors (Lipinski definition) is 1. The number of carboxylic acids is 1. The number of aliphatic carboxylic acids is 1. The third-order valence-corrected chi connectivity index (χ3v) is 3.30. The first kappa shape index (κ1) is 13.7. The third-order valence-electron chi connectivity index (χ3n) is 3.30. The highest BCUT2D eigenvalue weighted by Gasteiger charge is 2.46. The quantitative estimate of drug-likeness (QED) is 0.920. The van der Waals surface area contributed by atoms with Crippen LogP contribution in [0.15, 0.2) is 24.3 Å². The second-order valence-corrected chi connectivity index (χ2v) is 4.61. The van der Waals surface area contributed by atoms with Gasteiger partial charge in [0.05, 0.1) is 0 Å². The van der Waals surface area contributed by atoms with Gasteiger partial charge in [-0.2, -0.15) is 13.2 Å². The summed E-state index contributed by atoms with van der Waals surface area (Å²) in [5.74, 6) is -4.17. The summed E-state index contributed by atoms with van der Waals surface area (Å²) in [5.41, 5.74) is 1.68. The van der Waals surface area contributed by atoms with Crippen LogP contribution in [-0.4, -0.2) is 30.3 Å². The van der Waals surface area contributed by atoms with Gasteiger partial charge in [-0.05, 0) is 24.5 Å². The highest BCUT2D eigenvalue weighted by Crippen LogP contribution is 2.32. The summed E-state index contributed by atoms with van der Waals surface area (Å²) in [5, 5.41) is 8.74. The van der Waals surface area contributed by atoms with Crippen molar-refractivity contribution in [3.8, 4) is 0 Å². The average Bonchev–Trinajstić information content (AvgIpc) is 2.34. The van der Waals surface area contributed by atoms with Gasteiger partial charge in [0.25, 0.3) is 0 Å². The number of aryl methyl sites for hydroxylation is 1. The molecule has 0 saturated heterocycles. The Hall–Kier alpha value is -1.72. The van der Waals surface area contributed by atoms with Gasteiger partial charge >= 0.3 is 12.1 Å². The van der Waals surface area contributed by atoms with E-state index in [1.54, 1.807) is 12.1 Å². The van der Waals surface area contributed by atoms with Gasteiger partial charge in [0.1, 0.15) is 0 Å². The van der Waals surface area contributed by atoms with E-state index in [0.717, 1.165) is 18.4 Å². The normalized spacial score (nSPS) is 16.9. The van der Waals surface area contributed by atoms with E-state index in [4.69, 9.17) is 5.11 Å². The minimum Gasteiger partial charge on any atom is -0.481 e. The van der Waals surface area contributed by atoms with E-state index < -0.39 is 24.6 Å². The first-order valence-electron chi connectivity index (χ1n) is 6.02. The van der Waals surface area contributed by atoms with Crippen LogP contribution >= 0.6 is 0 Å². The molecule has 0 aliphatic carbocycles. The number of halogens is 3. The first-order chi connectivity index (χ1) is 8.89. The zero-order valence-corrected chi connectivity index (χ0v) is 10.2. The number of carbonyl (C=O) groups is 1. The monoisotopic (exact) mass is 273 g/mol. The Balaban J connectivity index is 2.22. The van der Waals surface area contributed by atoms with Gasteiger partial charge in [0, 0.05) is 18.8 Å². The van der Waals surface area contributed by atoms with Gasteiger partial charge in [-0.1, -0.05) is 18.2 Å². The van der Waals surface area contributed by atoms with Gasteiger partial charge < -0.3 is 10.0 Å². The van der Waals surface area contributed by atoms with E-state index in [1.165, 1.54) is 4.90 Å². The number of nitrogens with zero attached hydrogens (tertiary/aromatic N) is 1. The van der Waals surface area contributed by atoms with Gasteiger partial charge in [-0.3, -0.25) is 4.79 Å². The van der Waals surface area contributed by atoms with Crippen molar-refractivity contribution in [2.75, 3.05) is 18.0 Å². The summed E-state index contributed by atoms with van der Waals surface area (Å²) >= 11 is 0. The van der Waals surface area contributed by atoms with Crippen molar-refractivity contribution in [1.29, 1.82) is 0 Å². The van der Waals surface area contributed by atoms with E-state index in [9.17, 15) is 18.0 Å². The summed E-state index contributed by atoms with van der Waals surface area (Å²) < 4.78 is 38.1. The Bertz CT molecular complexity index is 473. The second-order valence-electron chi connectivity index (χ2n) is 4.61. The molecule has 1 aliphatic rings. The second kappa shape index (κ2) is 5.11. The van der Waals surface area contributed by atoms with Crippen LogP contribution in [0.5, 0.6) is 0 Å². The fourth-order valence-corrected chi connectivity index (χ4v) is 2.34. The topological polar surface area (TPSA) is 40.5 Å². The summed E-state index contributed by atoms with van der Waals surface area (Å²) in [7, 11) is 0. The summed E-state index contributed by atoms with van der Waals surface area (Å²) in [6.45, 7) is -0.0767. The van der Waals surface area contributed by atoms with Crippen molar-refractivity contribution < 1.29 is 23.1 Å². The maximum atomic E-state index is 12.7. The lowest BCUT2D eigenvalue weighted by Gasteiger charge is -2.33. The lowest BCUT2D eigenvalue weighted by atomic mass is 10.00. The maximum Gasteiger partial charge on any atom is 0.403 e. The van der Waals surface area contributed by atoms with Crippen LogP contribution in [0, 0.1) is 5.92 Å². The molecule has 1 aromatic carbocycles. The highest BCUT2D eigenvalue weighted by atomic mass is 19.4. The molecule has 19 heavy (non-hydrogen) atoms. The van der Waals surface area contributed by atoms with Crippen LogP contribution in [0.4, 0.5) is 18.9 Å². The van der Waals surface area contributed by atoms with Gasteiger partial charge in [-0.25, -0.2) is 0 Å². The van der Waals surface area contributed by atoms with Crippen molar-refractivity contribution in [3.05, 3.63) is 29.8 Å². The van der Waals surface area contributed by atoms with Gasteiger partial charge in [-0.15, -0.1) is 0 Å². The number of benzene rings is 1. The molecule has 0 bridgehead atoms. The Morgan fingerprint density at radius 3 is 2.68 bits per heavy atom. The van der Waals surface area contributed by atoms with Crippen molar-refractivity contribution >= 4 is 11.7 Å². The van der Waals surface area contributed by atoms with Crippen LogP contribution in [0.3, 0.4) is 0 Å². The Kier molecular flexibility index (Phi) is 3.68. The van der Waals surface area contributed by atoms with Crippen LogP contribution in [0.1, 0.15) is 12.0 Å². The summed E-state index contributed by atoms with van der Waals surface area (Å²) in [6.07, 6.45) is -3.17. The van der Waals surface area contributed by atoms with Crippen LogP contribution in [0.25, 0.3) is 0 Å². The number of fused-ring (bicyclic) bond motifs is 1. The van der Waals surface area contributed by atoms with E-state index in [1.807, 2.05) is 12.1 Å². The predicted molar refractivity (Wildman–Crippen MR) is 64.2 cm³/mol. The number of para-hydroxylation sites is 1. The van der Waals surface area contributed by atoms with Crippen molar-refractivity contribution in [2.24, 2.45) is 5.92 Å². The lowest BCUT2D eigenvalue weighted by Crippen LogP contribution is -2.43. The number of anilines is 1. The predicted octanol–water partition coefficient (Wildman–Crippen LogP) is 2.70. The number of rotatable bonds is 3. The minimum absolute atomic E-state index is 0.455. The zero-order valence-electron chi connectivity index (χ0n) is 10.2. The summed E-state index contributed by atoms with van der Waals surface area (Å²) in [4.78, 5) is 12.3. The van der Waals surface area contributed by atoms with Crippen LogP contribution in [-0.2, 0) is 11.2 Å². The molecule has 0 amide bonds. The minimum atomic E-state index is -4.72. The highest BCUT2D eigenvalue weighted by molar-refractivity contribution is 5.72. The Morgan fingerprint density at radius 2 is 2.05 bits per heavy atom. The molecule has 0 spiro atoms. The smallest absolute Gasteiger partial charge is 0.403 e. The van der Waals surface area contributed by atoms with E-state index >= 15 is 0 Å². The molecule has 1 heterocycles. The molecular weight excluding hydrogens is 259 g/mol. The number of carboxylic acid groups (broad SMARTS) is 1. The van der Waals surface area contributed by atoms with E-state index in [0.29, 0.717) is 12.2 Å². The molecule has 1 N–H and O–H groups in total. The molecule has 0 fully saturated rings. The standard InChI is InChI=1S/C13H14F3NO2/c14-13(15,16)10(12(18)19)8-17-7-3-5-9-4-1-2-6-11(9)17/h1-2,4,6,10H,3,5,7-8H2,(H,18,19). The largest absolute Gasteiger partial charge is 0.481 e. The molecule has 3 nitrogen and oxygen atoms in total. The summed E-state index contributed by atoms with van der Waals surface area (Å²) in [6, 6.07) is 7.19. The lowest BCUT2D eigenvalue weighted by molar-refractivity contribution is -0.191.